The van der Waals surface area contributed by atoms with Crippen LogP contribution in [0, 0.1) is 7.14 Å². The SMILES string of the molecule is CN1C(=O)[C@H](Cc2ccc(OCc3ccccc3)c(I)c2)NC(=O)[C@@H]1Cc1ccc(OCc2ccccc2)c(I)c1. The molecule has 0 unspecified atom stereocenters. The van der Waals surface area contributed by atoms with E-state index < -0.39 is 12.1 Å². The summed E-state index contributed by atoms with van der Waals surface area (Å²) in [5.74, 6) is 1.35. The highest BCUT2D eigenvalue weighted by molar-refractivity contribution is 14.1. The van der Waals surface area contributed by atoms with Crippen molar-refractivity contribution in [3.63, 3.8) is 0 Å². The second-order valence-electron chi connectivity index (χ2n) is 10.0. The number of hydrogen-bond acceptors (Lipinski definition) is 4. The van der Waals surface area contributed by atoms with Crippen LogP contribution < -0.4 is 14.8 Å². The number of hydrogen-bond donors (Lipinski definition) is 1. The van der Waals surface area contributed by atoms with Gasteiger partial charge in [-0.3, -0.25) is 9.59 Å². The molecule has 4 aromatic carbocycles. The molecule has 0 saturated carbocycles. The minimum Gasteiger partial charge on any atom is -0.488 e. The molecule has 0 aromatic heterocycles. The predicted octanol–water partition coefficient (Wildman–Crippen LogP) is 6.16. The van der Waals surface area contributed by atoms with Crippen molar-refractivity contribution in [2.75, 3.05) is 7.05 Å². The second-order valence-corrected chi connectivity index (χ2v) is 12.3. The molecule has 0 aliphatic carbocycles. The summed E-state index contributed by atoms with van der Waals surface area (Å²) in [6.07, 6.45) is 0.850. The highest BCUT2D eigenvalue weighted by atomic mass is 127. The fourth-order valence-electron chi connectivity index (χ4n) is 4.78. The van der Waals surface area contributed by atoms with Gasteiger partial charge in [0.05, 0.1) is 7.14 Å². The molecule has 41 heavy (non-hydrogen) atoms. The van der Waals surface area contributed by atoms with Crippen LogP contribution in [0.4, 0.5) is 0 Å². The molecular formula is C33H30I2N2O4. The second kappa shape index (κ2) is 13.7. The van der Waals surface area contributed by atoms with Crippen molar-refractivity contribution in [3.05, 3.63) is 126 Å². The maximum Gasteiger partial charge on any atom is 0.245 e. The maximum absolute atomic E-state index is 13.3. The molecule has 1 aliphatic heterocycles. The van der Waals surface area contributed by atoms with Gasteiger partial charge in [-0.15, -0.1) is 0 Å². The summed E-state index contributed by atoms with van der Waals surface area (Å²) in [7, 11) is 1.71. The van der Waals surface area contributed by atoms with Crippen molar-refractivity contribution in [1.29, 1.82) is 0 Å². The van der Waals surface area contributed by atoms with E-state index in [4.69, 9.17) is 9.47 Å². The quantitative estimate of drug-likeness (QED) is 0.196. The van der Waals surface area contributed by atoms with Gasteiger partial charge in [-0.25, -0.2) is 0 Å². The number of ether oxygens (including phenoxy) is 2. The number of nitrogens with one attached hydrogen (secondary N) is 1. The van der Waals surface area contributed by atoms with Crippen LogP contribution in [0.25, 0.3) is 0 Å². The van der Waals surface area contributed by atoms with Crippen molar-refractivity contribution in [2.24, 2.45) is 0 Å². The third-order valence-corrected chi connectivity index (χ3v) is 8.75. The third-order valence-electron chi connectivity index (χ3n) is 7.07. The van der Waals surface area contributed by atoms with Crippen molar-refractivity contribution in [3.8, 4) is 11.5 Å². The van der Waals surface area contributed by atoms with E-state index in [0.29, 0.717) is 26.1 Å². The molecule has 8 heteroatoms. The third kappa shape index (κ3) is 7.59. The summed E-state index contributed by atoms with van der Waals surface area (Å²) >= 11 is 4.50. The van der Waals surface area contributed by atoms with E-state index >= 15 is 0 Å². The van der Waals surface area contributed by atoms with E-state index in [1.54, 1.807) is 11.9 Å². The van der Waals surface area contributed by atoms with Gasteiger partial charge in [-0.2, -0.15) is 0 Å². The average molecular weight is 772 g/mol. The molecule has 1 aliphatic rings. The molecule has 0 bridgehead atoms. The van der Waals surface area contributed by atoms with Crippen LogP contribution in [-0.2, 0) is 35.6 Å². The summed E-state index contributed by atoms with van der Waals surface area (Å²) < 4.78 is 13.9. The maximum atomic E-state index is 13.3. The molecule has 1 heterocycles. The first-order valence-corrected chi connectivity index (χ1v) is 15.5. The Morgan fingerprint density at radius 2 is 1.17 bits per heavy atom. The number of halogens is 2. The van der Waals surface area contributed by atoms with E-state index in [9.17, 15) is 9.59 Å². The van der Waals surface area contributed by atoms with Gasteiger partial charge < -0.3 is 19.7 Å². The normalized spacial score (nSPS) is 16.8. The number of piperazine rings is 1. The van der Waals surface area contributed by atoms with Crippen molar-refractivity contribution in [2.45, 2.75) is 38.1 Å². The fraction of sp³-hybridized carbons (Fsp3) is 0.212. The summed E-state index contributed by atoms with van der Waals surface area (Å²) in [4.78, 5) is 28.0. The Morgan fingerprint density at radius 1 is 0.683 bits per heavy atom. The van der Waals surface area contributed by atoms with Crippen LogP contribution in [0.15, 0.2) is 97.1 Å². The van der Waals surface area contributed by atoms with Crippen LogP contribution >= 0.6 is 45.2 Å². The molecule has 4 aromatic rings. The van der Waals surface area contributed by atoms with E-state index in [1.807, 2.05) is 97.1 Å². The zero-order valence-corrected chi connectivity index (χ0v) is 26.9. The smallest absolute Gasteiger partial charge is 0.245 e. The zero-order valence-electron chi connectivity index (χ0n) is 22.6. The van der Waals surface area contributed by atoms with Crippen molar-refractivity contribution >= 4 is 57.0 Å². The van der Waals surface area contributed by atoms with Gasteiger partial charge in [-0.05, 0) is 91.7 Å². The molecule has 5 rings (SSSR count). The standard InChI is InChI=1S/C33H30I2N2O4/c1-37-29(19-25-13-15-31(27(35)17-25)41-21-23-10-6-3-7-11-23)32(38)36-28(33(37)39)18-24-12-14-30(26(34)16-24)40-20-22-8-4-2-5-9-22/h2-17,28-29H,18-21H2,1H3,(H,36,38)/t28-,29-/m0/s1. The Kier molecular flexibility index (Phi) is 9.81. The molecule has 1 N–H and O–H groups in total. The Morgan fingerprint density at radius 3 is 1.66 bits per heavy atom. The number of likely N-dealkylation sites (N-methyl/N-ethyl adjacent to an activating group) is 1. The molecule has 2 amide bonds. The first-order valence-electron chi connectivity index (χ1n) is 13.3. The summed E-state index contributed by atoms with van der Waals surface area (Å²) in [6, 6.07) is 30.7. The lowest BCUT2D eigenvalue weighted by Gasteiger charge is -2.36. The molecule has 6 nitrogen and oxygen atoms in total. The zero-order chi connectivity index (χ0) is 28.8. The number of nitrogens with zero attached hydrogens (tertiary/aromatic N) is 1. The van der Waals surface area contributed by atoms with Crippen LogP contribution in [0.3, 0.4) is 0 Å². The predicted molar refractivity (Wildman–Crippen MR) is 176 cm³/mol. The van der Waals surface area contributed by atoms with Gasteiger partial charge in [0, 0.05) is 19.9 Å². The van der Waals surface area contributed by atoms with Gasteiger partial charge in [0.1, 0.15) is 36.8 Å². The highest BCUT2D eigenvalue weighted by Gasteiger charge is 2.38. The monoisotopic (exact) mass is 772 g/mol. The topological polar surface area (TPSA) is 67.9 Å². The average Bonchev–Trinajstić information content (AvgIpc) is 2.98. The molecular weight excluding hydrogens is 742 g/mol. The van der Waals surface area contributed by atoms with Gasteiger partial charge in [0.25, 0.3) is 0 Å². The van der Waals surface area contributed by atoms with Crippen molar-refractivity contribution in [1.82, 2.24) is 10.2 Å². The summed E-state index contributed by atoms with van der Waals surface area (Å²) in [6.45, 7) is 0.977. The molecule has 1 fully saturated rings. The Bertz CT molecular complexity index is 1510. The first kappa shape index (κ1) is 29.4. The summed E-state index contributed by atoms with van der Waals surface area (Å²) in [5.41, 5.74) is 4.14. The number of carbonyl (C=O) groups excluding carboxylic acids is 2. The first-order chi connectivity index (χ1) is 19.9. The van der Waals surface area contributed by atoms with Gasteiger partial charge in [0.2, 0.25) is 11.8 Å². The molecule has 0 spiro atoms. The molecule has 210 valence electrons. The Labute approximate surface area is 267 Å². The minimum atomic E-state index is -0.607. The minimum absolute atomic E-state index is 0.0912. The van der Waals surface area contributed by atoms with Crippen LogP contribution in [0.1, 0.15) is 22.3 Å². The lowest BCUT2D eigenvalue weighted by molar-refractivity contribution is -0.147. The number of rotatable bonds is 10. The van der Waals surface area contributed by atoms with E-state index in [2.05, 4.69) is 50.5 Å². The highest BCUT2D eigenvalue weighted by Crippen LogP contribution is 2.27. The fourth-order valence-corrected chi connectivity index (χ4v) is 6.25. The molecule has 1 saturated heterocycles. The van der Waals surface area contributed by atoms with Crippen LogP contribution in [0.2, 0.25) is 0 Å². The van der Waals surface area contributed by atoms with Crippen LogP contribution in [0.5, 0.6) is 11.5 Å². The van der Waals surface area contributed by atoms with E-state index in [-0.39, 0.29) is 11.8 Å². The largest absolute Gasteiger partial charge is 0.488 e. The number of benzene rings is 4. The molecule has 0 radical (unpaired) electrons. The van der Waals surface area contributed by atoms with E-state index in [0.717, 1.165) is 40.9 Å². The molecule has 2 atom stereocenters. The van der Waals surface area contributed by atoms with E-state index in [1.165, 1.54) is 0 Å². The Hall–Kier alpha value is -3.12. The number of amides is 2. The van der Waals surface area contributed by atoms with Gasteiger partial charge >= 0.3 is 0 Å². The van der Waals surface area contributed by atoms with Crippen LogP contribution in [-0.4, -0.2) is 35.8 Å². The lowest BCUT2D eigenvalue weighted by Crippen LogP contribution is -2.63. The summed E-state index contributed by atoms with van der Waals surface area (Å²) in [5, 5.41) is 2.97. The van der Waals surface area contributed by atoms with Crippen molar-refractivity contribution < 1.29 is 19.1 Å². The number of carbonyl (C=O) groups is 2. The van der Waals surface area contributed by atoms with Gasteiger partial charge in [-0.1, -0.05) is 72.8 Å². The lowest BCUT2D eigenvalue weighted by atomic mass is 9.97. The van der Waals surface area contributed by atoms with Gasteiger partial charge in [0.15, 0.2) is 0 Å². The Balaban J connectivity index is 1.17.